The van der Waals surface area contributed by atoms with Crippen LogP contribution in [0.3, 0.4) is 0 Å². The van der Waals surface area contributed by atoms with Gasteiger partial charge in [-0.25, -0.2) is 0 Å². The van der Waals surface area contributed by atoms with Gasteiger partial charge in [-0.1, -0.05) is 20.8 Å². The molecule has 2 heteroatoms. The molecule has 0 spiro atoms. The molecular formula is C13H28N2. The first-order valence-electron chi connectivity index (χ1n) is 6.72. The van der Waals surface area contributed by atoms with Crippen LogP contribution in [0.25, 0.3) is 0 Å². The van der Waals surface area contributed by atoms with Crippen LogP contribution in [0.5, 0.6) is 0 Å². The van der Waals surface area contributed by atoms with E-state index < -0.39 is 0 Å². The lowest BCUT2D eigenvalue weighted by Crippen LogP contribution is -2.47. The van der Waals surface area contributed by atoms with E-state index in [-0.39, 0.29) is 0 Å². The van der Waals surface area contributed by atoms with E-state index in [9.17, 15) is 0 Å². The zero-order valence-corrected chi connectivity index (χ0v) is 10.7. The summed E-state index contributed by atoms with van der Waals surface area (Å²) < 4.78 is 0. The van der Waals surface area contributed by atoms with Crippen LogP contribution >= 0.6 is 0 Å². The summed E-state index contributed by atoms with van der Waals surface area (Å²) in [7, 11) is 0. The molecule has 1 aliphatic heterocycles. The molecule has 1 saturated heterocycles. The Morgan fingerprint density at radius 3 is 2.07 bits per heavy atom. The van der Waals surface area contributed by atoms with E-state index >= 15 is 0 Å². The van der Waals surface area contributed by atoms with E-state index in [2.05, 4.69) is 31.4 Å². The van der Waals surface area contributed by atoms with Crippen molar-refractivity contribution in [2.75, 3.05) is 19.6 Å². The van der Waals surface area contributed by atoms with Gasteiger partial charge in [-0.3, -0.25) is 0 Å². The maximum atomic E-state index is 3.82. The molecule has 90 valence electrons. The SMILES string of the molecule is CCC(CC)(CC)NCC1CCNCC1. The first-order chi connectivity index (χ1) is 7.26. The molecule has 1 aliphatic rings. The van der Waals surface area contributed by atoms with Crippen LogP contribution in [0.4, 0.5) is 0 Å². The van der Waals surface area contributed by atoms with Gasteiger partial charge in [-0.2, -0.15) is 0 Å². The minimum absolute atomic E-state index is 0.408. The van der Waals surface area contributed by atoms with Crippen LogP contribution in [0.15, 0.2) is 0 Å². The highest BCUT2D eigenvalue weighted by atomic mass is 15.0. The lowest BCUT2D eigenvalue weighted by Gasteiger charge is -2.35. The number of hydrogen-bond donors (Lipinski definition) is 2. The average molecular weight is 212 g/mol. The Morgan fingerprint density at radius 1 is 1.07 bits per heavy atom. The predicted octanol–water partition coefficient (Wildman–Crippen LogP) is 2.54. The Labute approximate surface area is 95.2 Å². The van der Waals surface area contributed by atoms with E-state index in [4.69, 9.17) is 0 Å². The molecule has 0 saturated carbocycles. The highest BCUT2D eigenvalue weighted by molar-refractivity contribution is 4.85. The van der Waals surface area contributed by atoms with Crippen molar-refractivity contribution in [1.29, 1.82) is 0 Å². The van der Waals surface area contributed by atoms with Crippen molar-refractivity contribution in [2.45, 2.75) is 58.4 Å². The average Bonchev–Trinajstić information content (AvgIpc) is 2.33. The summed E-state index contributed by atoms with van der Waals surface area (Å²) in [5, 5.41) is 7.25. The largest absolute Gasteiger partial charge is 0.317 e. The fourth-order valence-corrected chi connectivity index (χ4v) is 2.57. The van der Waals surface area contributed by atoms with Crippen molar-refractivity contribution in [2.24, 2.45) is 5.92 Å². The zero-order valence-electron chi connectivity index (χ0n) is 10.7. The van der Waals surface area contributed by atoms with Crippen molar-refractivity contribution in [3.63, 3.8) is 0 Å². The van der Waals surface area contributed by atoms with Gasteiger partial charge in [0.15, 0.2) is 0 Å². The molecule has 15 heavy (non-hydrogen) atoms. The summed E-state index contributed by atoms with van der Waals surface area (Å²) >= 11 is 0. The highest BCUT2D eigenvalue weighted by Gasteiger charge is 2.24. The normalized spacial score (nSPS) is 19.4. The van der Waals surface area contributed by atoms with E-state index in [0.29, 0.717) is 5.54 Å². The number of nitrogens with one attached hydrogen (secondary N) is 2. The zero-order chi connectivity index (χ0) is 11.1. The minimum atomic E-state index is 0.408. The third-order valence-electron chi connectivity index (χ3n) is 4.25. The first kappa shape index (κ1) is 13.0. The van der Waals surface area contributed by atoms with Gasteiger partial charge >= 0.3 is 0 Å². The molecule has 0 unspecified atom stereocenters. The Bertz CT molecular complexity index is 150. The molecule has 1 rings (SSSR count). The summed E-state index contributed by atoms with van der Waals surface area (Å²) in [5.41, 5.74) is 0.408. The fourth-order valence-electron chi connectivity index (χ4n) is 2.57. The predicted molar refractivity (Wildman–Crippen MR) is 67.2 cm³/mol. The van der Waals surface area contributed by atoms with E-state index in [1.54, 1.807) is 0 Å². The lowest BCUT2D eigenvalue weighted by molar-refractivity contribution is 0.250. The van der Waals surface area contributed by atoms with Crippen molar-refractivity contribution in [1.82, 2.24) is 10.6 Å². The molecule has 0 aromatic carbocycles. The van der Waals surface area contributed by atoms with Gasteiger partial charge < -0.3 is 10.6 Å². The summed E-state index contributed by atoms with van der Waals surface area (Å²) in [6.45, 7) is 10.6. The first-order valence-corrected chi connectivity index (χ1v) is 6.72. The molecule has 0 aromatic rings. The van der Waals surface area contributed by atoms with Gasteiger partial charge in [0, 0.05) is 5.54 Å². The van der Waals surface area contributed by atoms with Crippen LogP contribution in [-0.2, 0) is 0 Å². The van der Waals surface area contributed by atoms with Gasteiger partial charge in [0.2, 0.25) is 0 Å². The second-order valence-electron chi connectivity index (χ2n) is 4.92. The Morgan fingerprint density at radius 2 is 1.60 bits per heavy atom. The van der Waals surface area contributed by atoms with Crippen molar-refractivity contribution in [3.05, 3.63) is 0 Å². The number of piperidine rings is 1. The maximum absolute atomic E-state index is 3.82. The molecule has 0 aromatic heterocycles. The van der Waals surface area contributed by atoms with Gasteiger partial charge in [0.25, 0.3) is 0 Å². The Hall–Kier alpha value is -0.0800. The second kappa shape index (κ2) is 6.49. The maximum Gasteiger partial charge on any atom is 0.0173 e. The molecule has 1 heterocycles. The third kappa shape index (κ3) is 3.76. The van der Waals surface area contributed by atoms with E-state index in [1.807, 2.05) is 0 Å². The van der Waals surface area contributed by atoms with Crippen LogP contribution in [0.1, 0.15) is 52.9 Å². The van der Waals surface area contributed by atoms with Crippen LogP contribution < -0.4 is 10.6 Å². The monoisotopic (exact) mass is 212 g/mol. The number of hydrogen-bond acceptors (Lipinski definition) is 2. The van der Waals surface area contributed by atoms with Gasteiger partial charge in [0.1, 0.15) is 0 Å². The molecule has 2 nitrogen and oxygen atoms in total. The molecule has 1 fully saturated rings. The highest BCUT2D eigenvalue weighted by Crippen LogP contribution is 2.20. The minimum Gasteiger partial charge on any atom is -0.317 e. The molecule has 2 N–H and O–H groups in total. The molecule has 0 radical (unpaired) electrons. The van der Waals surface area contributed by atoms with Crippen LogP contribution in [0, 0.1) is 5.92 Å². The summed E-state index contributed by atoms with van der Waals surface area (Å²) in [4.78, 5) is 0. The fraction of sp³-hybridized carbons (Fsp3) is 1.00. The lowest BCUT2D eigenvalue weighted by atomic mass is 9.88. The van der Waals surface area contributed by atoms with E-state index in [1.165, 1.54) is 51.7 Å². The Kier molecular flexibility index (Phi) is 5.62. The van der Waals surface area contributed by atoms with Crippen molar-refractivity contribution >= 4 is 0 Å². The van der Waals surface area contributed by atoms with Gasteiger partial charge in [-0.15, -0.1) is 0 Å². The van der Waals surface area contributed by atoms with E-state index in [0.717, 1.165) is 5.92 Å². The third-order valence-corrected chi connectivity index (χ3v) is 4.25. The van der Waals surface area contributed by atoms with Gasteiger partial charge in [0.05, 0.1) is 0 Å². The summed E-state index contributed by atoms with van der Waals surface area (Å²) in [6.07, 6.45) is 6.46. The summed E-state index contributed by atoms with van der Waals surface area (Å²) in [6, 6.07) is 0. The van der Waals surface area contributed by atoms with Crippen molar-refractivity contribution in [3.8, 4) is 0 Å². The van der Waals surface area contributed by atoms with Crippen LogP contribution in [-0.4, -0.2) is 25.2 Å². The smallest absolute Gasteiger partial charge is 0.0173 e. The molecule has 0 aliphatic carbocycles. The molecular weight excluding hydrogens is 184 g/mol. The second-order valence-corrected chi connectivity index (χ2v) is 4.92. The summed E-state index contributed by atoms with van der Waals surface area (Å²) in [5.74, 6) is 0.898. The molecule has 0 amide bonds. The van der Waals surface area contributed by atoms with Crippen LogP contribution in [0.2, 0.25) is 0 Å². The van der Waals surface area contributed by atoms with Gasteiger partial charge in [-0.05, 0) is 57.7 Å². The Balaban J connectivity index is 2.31. The molecule has 0 atom stereocenters. The molecule has 0 bridgehead atoms. The topological polar surface area (TPSA) is 24.1 Å². The quantitative estimate of drug-likeness (QED) is 0.707. The number of rotatable bonds is 6. The standard InChI is InChI=1S/C13H28N2/c1-4-13(5-2,6-3)15-11-12-7-9-14-10-8-12/h12,14-15H,4-11H2,1-3H3. The van der Waals surface area contributed by atoms with Crippen molar-refractivity contribution < 1.29 is 0 Å².